The lowest BCUT2D eigenvalue weighted by molar-refractivity contribution is -0.146. The highest BCUT2D eigenvalue weighted by Gasteiger charge is 2.42. The first-order chi connectivity index (χ1) is 9.88. The number of benzene rings is 1. The van der Waals surface area contributed by atoms with E-state index in [-0.39, 0.29) is 11.9 Å². The maximum absolute atomic E-state index is 13.1. The molecular weight excluding hydrogens is 285 g/mol. The van der Waals surface area contributed by atoms with Crippen LogP contribution in [0.4, 0.5) is 18.9 Å². The van der Waals surface area contributed by atoms with E-state index in [4.69, 9.17) is 4.74 Å². The van der Waals surface area contributed by atoms with E-state index in [2.05, 4.69) is 15.5 Å². The average molecular weight is 298 g/mol. The molecule has 1 atom stereocenters. The van der Waals surface area contributed by atoms with Crippen molar-refractivity contribution in [2.75, 3.05) is 5.32 Å². The number of alkyl halides is 3. The highest BCUT2D eigenvalue weighted by Crippen LogP contribution is 2.38. The number of halogens is 3. The van der Waals surface area contributed by atoms with E-state index in [0.29, 0.717) is 11.4 Å². The van der Waals surface area contributed by atoms with Gasteiger partial charge >= 0.3 is 6.18 Å². The summed E-state index contributed by atoms with van der Waals surface area (Å²) in [4.78, 5) is 0. The molecule has 1 aliphatic heterocycles. The van der Waals surface area contributed by atoms with E-state index in [0.717, 1.165) is 4.57 Å². The summed E-state index contributed by atoms with van der Waals surface area (Å²) in [6.45, 7) is 3.60. The van der Waals surface area contributed by atoms with E-state index >= 15 is 0 Å². The number of rotatable bonds is 2. The van der Waals surface area contributed by atoms with Crippen molar-refractivity contribution in [2.45, 2.75) is 32.4 Å². The molecule has 0 fully saturated rings. The van der Waals surface area contributed by atoms with Gasteiger partial charge < -0.3 is 10.1 Å². The van der Waals surface area contributed by atoms with Gasteiger partial charge in [-0.3, -0.25) is 4.57 Å². The Morgan fingerprint density at radius 3 is 2.62 bits per heavy atom. The van der Waals surface area contributed by atoms with Crippen molar-refractivity contribution in [2.24, 2.45) is 0 Å². The fraction of sp³-hybridized carbons (Fsp3) is 0.385. The van der Waals surface area contributed by atoms with Crippen LogP contribution in [0.25, 0.3) is 5.69 Å². The molecule has 8 heteroatoms. The number of anilines is 1. The minimum atomic E-state index is -4.59. The lowest BCUT2D eigenvalue weighted by Gasteiger charge is -2.29. The predicted octanol–water partition coefficient (Wildman–Crippen LogP) is 3.14. The third-order valence-corrected chi connectivity index (χ3v) is 3.02. The number of hydrogen-bond acceptors (Lipinski definition) is 4. The molecule has 3 rings (SSSR count). The van der Waals surface area contributed by atoms with Crippen LogP contribution in [0, 0.1) is 0 Å². The zero-order valence-electron chi connectivity index (χ0n) is 11.3. The molecule has 112 valence electrons. The molecule has 1 aromatic carbocycles. The normalized spacial score (nSPS) is 17.3. The summed E-state index contributed by atoms with van der Waals surface area (Å²) in [5, 5.41) is 9.99. The Morgan fingerprint density at radius 1 is 1.24 bits per heavy atom. The van der Waals surface area contributed by atoms with Gasteiger partial charge in [-0.25, -0.2) is 0 Å². The van der Waals surface area contributed by atoms with E-state index < -0.39 is 18.2 Å². The van der Waals surface area contributed by atoms with Gasteiger partial charge in [0.1, 0.15) is 0 Å². The molecule has 0 bridgehead atoms. The first kappa shape index (κ1) is 13.9. The molecule has 2 heterocycles. The summed E-state index contributed by atoms with van der Waals surface area (Å²) in [5.74, 6) is -0.960. The molecule has 0 amide bonds. The summed E-state index contributed by atoms with van der Waals surface area (Å²) in [6.07, 6.45) is -5.53. The average Bonchev–Trinajstić information content (AvgIpc) is 2.83. The van der Waals surface area contributed by atoms with Gasteiger partial charge in [0.15, 0.2) is 12.1 Å². The van der Waals surface area contributed by atoms with Crippen LogP contribution in [0.3, 0.4) is 0 Å². The van der Waals surface area contributed by atoms with Crippen molar-refractivity contribution >= 4 is 5.69 Å². The first-order valence-electron chi connectivity index (χ1n) is 6.42. The van der Waals surface area contributed by atoms with Gasteiger partial charge in [0, 0.05) is 0 Å². The van der Waals surface area contributed by atoms with Crippen LogP contribution in [0.1, 0.15) is 31.7 Å². The Labute approximate surface area is 118 Å². The lowest BCUT2D eigenvalue weighted by atomic mass is 10.2. The van der Waals surface area contributed by atoms with E-state index in [9.17, 15) is 13.2 Å². The Morgan fingerprint density at radius 2 is 1.95 bits per heavy atom. The molecule has 1 aliphatic rings. The Bertz CT molecular complexity index is 666. The molecule has 1 aromatic heterocycles. The minimum Gasteiger partial charge on any atom is -0.352 e. The van der Waals surface area contributed by atoms with Crippen LogP contribution < -0.4 is 5.32 Å². The smallest absolute Gasteiger partial charge is 0.352 e. The summed E-state index contributed by atoms with van der Waals surface area (Å²) in [7, 11) is 0. The number of para-hydroxylation sites is 2. The summed E-state index contributed by atoms with van der Waals surface area (Å²) >= 11 is 0. The van der Waals surface area contributed by atoms with Crippen molar-refractivity contribution < 1.29 is 17.9 Å². The Kier molecular flexibility index (Phi) is 3.12. The minimum absolute atomic E-state index is 0.0923. The van der Waals surface area contributed by atoms with Gasteiger partial charge in [-0.2, -0.15) is 13.2 Å². The molecule has 0 radical (unpaired) electrons. The first-order valence-corrected chi connectivity index (χ1v) is 6.42. The molecule has 0 saturated carbocycles. The summed E-state index contributed by atoms with van der Waals surface area (Å²) < 4.78 is 45.9. The molecule has 0 saturated heterocycles. The number of nitrogens with one attached hydrogen (secondary N) is 1. The quantitative estimate of drug-likeness (QED) is 0.925. The molecule has 21 heavy (non-hydrogen) atoms. The molecule has 1 N–H and O–H groups in total. The van der Waals surface area contributed by atoms with Gasteiger partial charge in [0.25, 0.3) is 0 Å². The monoisotopic (exact) mass is 298 g/mol. The number of fused-ring (bicyclic) bond motifs is 3. The SMILES string of the molecule is CC(C)OC1Nc2ccccc2-n2c1nnc2C(F)(F)F. The van der Waals surface area contributed by atoms with E-state index in [1.807, 2.05) is 0 Å². The van der Waals surface area contributed by atoms with Gasteiger partial charge in [0.2, 0.25) is 5.82 Å². The predicted molar refractivity (Wildman–Crippen MR) is 68.9 cm³/mol. The van der Waals surface area contributed by atoms with Crippen LogP contribution in [-0.2, 0) is 10.9 Å². The van der Waals surface area contributed by atoms with Gasteiger partial charge in [-0.05, 0) is 26.0 Å². The fourth-order valence-electron chi connectivity index (χ4n) is 2.25. The molecule has 0 aliphatic carbocycles. The van der Waals surface area contributed by atoms with Crippen LogP contribution in [0.2, 0.25) is 0 Å². The highest BCUT2D eigenvalue weighted by molar-refractivity contribution is 5.64. The standard InChI is InChI=1S/C13H13F3N4O/c1-7(2)21-11-10-18-19-12(13(14,15)16)20(10)9-6-4-3-5-8(9)17-11/h3-7,11,17H,1-2H3. The third kappa shape index (κ3) is 2.35. The summed E-state index contributed by atoms with van der Waals surface area (Å²) in [5.41, 5.74) is 0.898. The lowest BCUT2D eigenvalue weighted by Crippen LogP contribution is -2.28. The van der Waals surface area contributed by atoms with Crippen LogP contribution in [0.15, 0.2) is 24.3 Å². The third-order valence-electron chi connectivity index (χ3n) is 3.02. The van der Waals surface area contributed by atoms with Crippen LogP contribution >= 0.6 is 0 Å². The fourth-order valence-corrected chi connectivity index (χ4v) is 2.25. The van der Waals surface area contributed by atoms with Gasteiger partial charge in [0.05, 0.1) is 17.5 Å². The zero-order chi connectivity index (χ0) is 15.2. The number of nitrogens with zero attached hydrogens (tertiary/aromatic N) is 3. The molecule has 2 aromatic rings. The van der Waals surface area contributed by atoms with Crippen LogP contribution in [-0.4, -0.2) is 20.9 Å². The molecule has 5 nitrogen and oxygen atoms in total. The van der Waals surface area contributed by atoms with Crippen molar-refractivity contribution in [3.8, 4) is 5.69 Å². The molecule has 1 unspecified atom stereocenters. The highest BCUT2D eigenvalue weighted by atomic mass is 19.4. The maximum atomic E-state index is 13.1. The van der Waals surface area contributed by atoms with Gasteiger partial charge in [-0.15, -0.1) is 10.2 Å². The van der Waals surface area contributed by atoms with E-state index in [1.54, 1.807) is 38.1 Å². The van der Waals surface area contributed by atoms with Crippen molar-refractivity contribution in [1.82, 2.24) is 14.8 Å². The number of ether oxygens (including phenoxy) is 1. The summed E-state index contributed by atoms with van der Waals surface area (Å²) in [6, 6.07) is 6.67. The van der Waals surface area contributed by atoms with Crippen molar-refractivity contribution in [1.29, 1.82) is 0 Å². The second-order valence-electron chi connectivity index (χ2n) is 4.94. The van der Waals surface area contributed by atoms with Crippen molar-refractivity contribution in [3.63, 3.8) is 0 Å². The van der Waals surface area contributed by atoms with E-state index in [1.165, 1.54) is 0 Å². The Balaban J connectivity index is 2.18. The Hall–Kier alpha value is -2.09. The van der Waals surface area contributed by atoms with Crippen molar-refractivity contribution in [3.05, 3.63) is 35.9 Å². The number of hydrogen-bond donors (Lipinski definition) is 1. The molecular formula is C13H13F3N4O. The topological polar surface area (TPSA) is 52.0 Å². The van der Waals surface area contributed by atoms with Crippen LogP contribution in [0.5, 0.6) is 0 Å². The zero-order valence-corrected chi connectivity index (χ0v) is 11.3. The maximum Gasteiger partial charge on any atom is 0.452 e. The number of aromatic nitrogens is 3. The second kappa shape index (κ2) is 4.73. The van der Waals surface area contributed by atoms with Gasteiger partial charge in [-0.1, -0.05) is 12.1 Å². The second-order valence-corrected chi connectivity index (χ2v) is 4.94. The molecule has 0 spiro atoms. The largest absolute Gasteiger partial charge is 0.452 e.